The topological polar surface area (TPSA) is 68.2 Å². The first kappa shape index (κ1) is 20.1. The second-order valence-corrected chi connectivity index (χ2v) is 8.04. The molecule has 0 N–H and O–H groups in total. The average Bonchev–Trinajstić information content (AvgIpc) is 2.84. The summed E-state index contributed by atoms with van der Waals surface area (Å²) in [5, 5.41) is 2.08. The van der Waals surface area contributed by atoms with Crippen molar-refractivity contribution < 1.29 is 9.53 Å². The number of hydrogen-bond donors (Lipinski definition) is 0. The van der Waals surface area contributed by atoms with Gasteiger partial charge in [-0.2, -0.15) is 0 Å². The van der Waals surface area contributed by atoms with Gasteiger partial charge < -0.3 is 9.64 Å². The maximum Gasteiger partial charge on any atom is 0.254 e. The number of aryl methyl sites for hydroxylation is 1. The lowest BCUT2D eigenvalue weighted by atomic mass is 9.98. The smallest absolute Gasteiger partial charge is 0.254 e. The third-order valence-electron chi connectivity index (χ3n) is 5.87. The van der Waals surface area contributed by atoms with Crippen LogP contribution in [-0.2, 0) is 0 Å². The van der Waals surface area contributed by atoms with E-state index in [1.165, 1.54) is 0 Å². The van der Waals surface area contributed by atoms with Crippen molar-refractivity contribution in [3.05, 3.63) is 84.3 Å². The summed E-state index contributed by atoms with van der Waals surface area (Å²) >= 11 is 0. The van der Waals surface area contributed by atoms with Crippen molar-refractivity contribution in [1.29, 1.82) is 0 Å². The average molecular weight is 425 g/mol. The molecule has 1 amide bonds. The Bertz CT molecular complexity index is 1250. The van der Waals surface area contributed by atoms with Crippen molar-refractivity contribution in [3.63, 3.8) is 0 Å². The van der Waals surface area contributed by atoms with E-state index in [4.69, 9.17) is 4.74 Å². The van der Waals surface area contributed by atoms with E-state index in [2.05, 4.69) is 15.0 Å². The van der Waals surface area contributed by atoms with E-state index in [-0.39, 0.29) is 12.0 Å². The number of carbonyl (C=O) groups excluding carboxylic acids is 1. The second-order valence-electron chi connectivity index (χ2n) is 8.04. The molecule has 0 bridgehead atoms. The number of aromatic nitrogens is 3. The Morgan fingerprint density at radius 1 is 0.969 bits per heavy atom. The monoisotopic (exact) mass is 424 g/mol. The fourth-order valence-corrected chi connectivity index (χ4v) is 4.30. The Balaban J connectivity index is 1.40. The van der Waals surface area contributed by atoms with Crippen molar-refractivity contribution in [1.82, 2.24) is 19.9 Å². The van der Waals surface area contributed by atoms with E-state index in [0.717, 1.165) is 34.7 Å². The molecule has 4 aromatic rings. The molecule has 32 heavy (non-hydrogen) atoms. The summed E-state index contributed by atoms with van der Waals surface area (Å²) in [5.41, 5.74) is 2.33. The predicted octanol–water partition coefficient (Wildman–Crippen LogP) is 4.68. The molecule has 0 aliphatic carbocycles. The van der Waals surface area contributed by atoms with Crippen LogP contribution < -0.4 is 4.74 Å². The second kappa shape index (κ2) is 8.75. The molecule has 0 saturated carbocycles. The van der Waals surface area contributed by atoms with Gasteiger partial charge in [-0.15, -0.1) is 0 Å². The van der Waals surface area contributed by atoms with Gasteiger partial charge in [0.15, 0.2) is 5.82 Å². The normalized spacial score (nSPS) is 16.2. The van der Waals surface area contributed by atoms with Crippen LogP contribution in [0.2, 0.25) is 0 Å². The summed E-state index contributed by atoms with van der Waals surface area (Å²) in [6.07, 6.45) is 6.82. The largest absolute Gasteiger partial charge is 0.472 e. The zero-order valence-electron chi connectivity index (χ0n) is 17.9. The highest BCUT2D eigenvalue weighted by Gasteiger charge is 2.29. The van der Waals surface area contributed by atoms with E-state index < -0.39 is 0 Å². The van der Waals surface area contributed by atoms with Crippen LogP contribution in [-0.4, -0.2) is 45.0 Å². The van der Waals surface area contributed by atoms with Gasteiger partial charge in [0.1, 0.15) is 6.10 Å². The Morgan fingerprint density at radius 2 is 1.81 bits per heavy atom. The molecule has 5 rings (SSSR count). The maximum absolute atomic E-state index is 13.6. The molecule has 1 fully saturated rings. The fourth-order valence-electron chi connectivity index (χ4n) is 4.30. The van der Waals surface area contributed by atoms with Gasteiger partial charge in [0, 0.05) is 36.1 Å². The molecule has 3 heterocycles. The SMILES string of the molecule is Cc1cccc(-c2ncccn2)c1C(=O)N1CCCC(Oc2nccc3ccccc23)C1. The number of amides is 1. The number of pyridine rings is 1. The first-order valence-electron chi connectivity index (χ1n) is 10.9. The van der Waals surface area contributed by atoms with Gasteiger partial charge in [0.2, 0.25) is 5.88 Å². The van der Waals surface area contributed by atoms with E-state index in [9.17, 15) is 4.79 Å². The molecule has 6 heteroatoms. The first-order valence-corrected chi connectivity index (χ1v) is 10.9. The van der Waals surface area contributed by atoms with Crippen LogP contribution in [0.4, 0.5) is 0 Å². The summed E-state index contributed by atoms with van der Waals surface area (Å²) in [4.78, 5) is 28.7. The Kier molecular flexibility index (Phi) is 5.50. The quantitative estimate of drug-likeness (QED) is 0.476. The number of hydrogen-bond acceptors (Lipinski definition) is 5. The molecule has 2 aromatic carbocycles. The standard InChI is InChI=1S/C26H24N4O2/c1-18-7-4-11-22(24-27-13-6-14-28-24)23(18)26(31)30-16-5-9-20(17-30)32-25-21-10-3-2-8-19(21)12-15-29-25/h2-4,6-8,10-15,20H,5,9,16-17H2,1H3. The van der Waals surface area contributed by atoms with E-state index in [0.29, 0.717) is 30.4 Å². The van der Waals surface area contributed by atoms with E-state index >= 15 is 0 Å². The maximum atomic E-state index is 13.6. The molecule has 1 unspecified atom stereocenters. The van der Waals surface area contributed by atoms with E-state index in [1.54, 1.807) is 24.7 Å². The van der Waals surface area contributed by atoms with Gasteiger partial charge in [-0.25, -0.2) is 15.0 Å². The zero-order valence-corrected chi connectivity index (χ0v) is 17.9. The lowest BCUT2D eigenvalue weighted by Gasteiger charge is -2.33. The molecule has 1 atom stereocenters. The van der Waals surface area contributed by atoms with Gasteiger partial charge in [-0.05, 0) is 48.9 Å². The molecular weight excluding hydrogens is 400 g/mol. The minimum atomic E-state index is -0.105. The number of likely N-dealkylation sites (tertiary alicyclic amines) is 1. The van der Waals surface area contributed by atoms with Gasteiger partial charge >= 0.3 is 0 Å². The van der Waals surface area contributed by atoms with Crippen LogP contribution >= 0.6 is 0 Å². The lowest BCUT2D eigenvalue weighted by molar-refractivity contribution is 0.0531. The molecule has 1 aliphatic rings. The highest BCUT2D eigenvalue weighted by atomic mass is 16.5. The molecule has 6 nitrogen and oxygen atoms in total. The minimum Gasteiger partial charge on any atom is -0.472 e. The summed E-state index contributed by atoms with van der Waals surface area (Å²) in [7, 11) is 0. The molecule has 160 valence electrons. The fraction of sp³-hybridized carbons (Fsp3) is 0.231. The number of ether oxygens (including phenoxy) is 1. The number of nitrogens with zero attached hydrogens (tertiary/aromatic N) is 4. The summed E-state index contributed by atoms with van der Waals surface area (Å²) < 4.78 is 6.30. The summed E-state index contributed by atoms with van der Waals surface area (Å²) in [5.74, 6) is 1.17. The Labute approximate surface area is 186 Å². The Morgan fingerprint density at radius 3 is 2.69 bits per heavy atom. The number of benzene rings is 2. The van der Waals surface area contributed by atoms with Gasteiger partial charge in [-0.3, -0.25) is 4.79 Å². The van der Waals surface area contributed by atoms with Crippen molar-refractivity contribution in [2.75, 3.05) is 13.1 Å². The highest BCUT2D eigenvalue weighted by molar-refractivity contribution is 6.01. The number of rotatable bonds is 4. The number of fused-ring (bicyclic) bond motifs is 1. The van der Waals surface area contributed by atoms with Crippen molar-refractivity contribution in [2.45, 2.75) is 25.9 Å². The third-order valence-corrected chi connectivity index (χ3v) is 5.87. The number of carbonyl (C=O) groups is 1. The Hall–Kier alpha value is -3.80. The first-order chi connectivity index (χ1) is 15.7. The molecule has 0 radical (unpaired) electrons. The lowest BCUT2D eigenvalue weighted by Crippen LogP contribution is -2.44. The van der Waals surface area contributed by atoms with E-state index in [1.807, 2.05) is 60.4 Å². The van der Waals surface area contributed by atoms with Crippen LogP contribution in [0.15, 0.2) is 73.2 Å². The molecule has 2 aromatic heterocycles. The third kappa shape index (κ3) is 3.91. The van der Waals surface area contributed by atoms with Crippen LogP contribution in [0.5, 0.6) is 5.88 Å². The highest BCUT2D eigenvalue weighted by Crippen LogP contribution is 2.28. The molecule has 1 saturated heterocycles. The zero-order chi connectivity index (χ0) is 21.9. The van der Waals surface area contributed by atoms with Crippen molar-refractivity contribution in [3.8, 4) is 17.3 Å². The molecule has 0 spiro atoms. The van der Waals surface area contributed by atoms with Crippen LogP contribution in [0.3, 0.4) is 0 Å². The molecular formula is C26H24N4O2. The van der Waals surface area contributed by atoms with Crippen molar-refractivity contribution >= 4 is 16.7 Å². The van der Waals surface area contributed by atoms with Gasteiger partial charge in [-0.1, -0.05) is 36.4 Å². The number of piperidine rings is 1. The summed E-state index contributed by atoms with van der Waals surface area (Å²) in [6.45, 7) is 3.18. The van der Waals surface area contributed by atoms with Gasteiger partial charge in [0.05, 0.1) is 12.1 Å². The predicted molar refractivity (Wildman–Crippen MR) is 124 cm³/mol. The summed E-state index contributed by atoms with van der Waals surface area (Å²) in [6, 6.07) is 17.6. The van der Waals surface area contributed by atoms with Crippen LogP contribution in [0.1, 0.15) is 28.8 Å². The molecule has 1 aliphatic heterocycles. The van der Waals surface area contributed by atoms with Gasteiger partial charge in [0.25, 0.3) is 5.91 Å². The van der Waals surface area contributed by atoms with Crippen molar-refractivity contribution in [2.24, 2.45) is 0 Å². The van der Waals surface area contributed by atoms with Crippen LogP contribution in [0.25, 0.3) is 22.2 Å². The minimum absolute atomic E-state index is 0.00951. The van der Waals surface area contributed by atoms with Crippen LogP contribution in [0, 0.1) is 6.92 Å².